The summed E-state index contributed by atoms with van der Waals surface area (Å²) in [6.07, 6.45) is 0. The fourth-order valence-corrected chi connectivity index (χ4v) is 2.88. The topological polar surface area (TPSA) is 38.9 Å². The highest BCUT2D eigenvalue weighted by molar-refractivity contribution is 7.98. The summed E-state index contributed by atoms with van der Waals surface area (Å²) in [5, 5.41) is 1.22. The predicted octanol–water partition coefficient (Wildman–Crippen LogP) is 2.34. The van der Waals surface area contributed by atoms with Crippen molar-refractivity contribution in [2.75, 3.05) is 5.75 Å². The fourth-order valence-electron chi connectivity index (χ4n) is 0.933. The molecule has 1 unspecified atom stereocenters. The second-order valence-corrected chi connectivity index (χ2v) is 5.56. The molecular formula is C9H16N2S2. The molecule has 0 saturated heterocycles. The van der Waals surface area contributed by atoms with Gasteiger partial charge in [-0.25, -0.2) is 4.98 Å². The molecule has 0 aliphatic rings. The summed E-state index contributed by atoms with van der Waals surface area (Å²) in [6, 6.07) is 0.284. The number of hydrogen-bond acceptors (Lipinski definition) is 4. The van der Waals surface area contributed by atoms with E-state index >= 15 is 0 Å². The Balaban J connectivity index is 2.37. The zero-order chi connectivity index (χ0) is 9.84. The zero-order valence-electron chi connectivity index (χ0n) is 8.33. The number of aryl methyl sites for hydroxylation is 2. The van der Waals surface area contributed by atoms with Crippen molar-refractivity contribution in [3.05, 3.63) is 15.6 Å². The molecule has 0 spiro atoms. The van der Waals surface area contributed by atoms with Gasteiger partial charge in [0.25, 0.3) is 0 Å². The molecule has 0 fully saturated rings. The quantitative estimate of drug-likeness (QED) is 0.839. The summed E-state index contributed by atoms with van der Waals surface area (Å²) < 4.78 is 0. The van der Waals surface area contributed by atoms with Crippen molar-refractivity contribution in [2.24, 2.45) is 5.73 Å². The summed E-state index contributed by atoms with van der Waals surface area (Å²) in [5.41, 5.74) is 6.82. The van der Waals surface area contributed by atoms with Gasteiger partial charge in [-0.3, -0.25) is 0 Å². The standard InChI is InChI=1S/C9H16N2S2/c1-6(10)4-12-5-9-11-7(2)8(3)13-9/h6H,4-5,10H2,1-3H3. The molecule has 0 bridgehead atoms. The highest BCUT2D eigenvalue weighted by Gasteiger charge is 2.03. The van der Waals surface area contributed by atoms with Gasteiger partial charge in [-0.05, 0) is 20.8 Å². The van der Waals surface area contributed by atoms with Gasteiger partial charge in [-0.1, -0.05) is 0 Å². The van der Waals surface area contributed by atoms with E-state index in [4.69, 9.17) is 5.73 Å². The second-order valence-electron chi connectivity index (χ2n) is 3.24. The number of thioether (sulfide) groups is 1. The van der Waals surface area contributed by atoms with Gasteiger partial charge in [-0.15, -0.1) is 11.3 Å². The lowest BCUT2D eigenvalue weighted by Crippen LogP contribution is -2.17. The molecular weight excluding hydrogens is 200 g/mol. The molecule has 1 heterocycles. The molecule has 4 heteroatoms. The van der Waals surface area contributed by atoms with E-state index < -0.39 is 0 Å². The Morgan fingerprint density at radius 1 is 1.54 bits per heavy atom. The van der Waals surface area contributed by atoms with E-state index in [1.54, 1.807) is 11.3 Å². The van der Waals surface area contributed by atoms with Crippen LogP contribution in [0.15, 0.2) is 0 Å². The van der Waals surface area contributed by atoms with Gasteiger partial charge in [0.15, 0.2) is 0 Å². The van der Waals surface area contributed by atoms with Crippen LogP contribution in [-0.4, -0.2) is 16.8 Å². The first kappa shape index (κ1) is 11.0. The molecule has 1 atom stereocenters. The molecule has 0 aliphatic carbocycles. The zero-order valence-corrected chi connectivity index (χ0v) is 9.97. The maximum atomic E-state index is 5.65. The molecule has 0 amide bonds. The van der Waals surface area contributed by atoms with Gasteiger partial charge in [-0.2, -0.15) is 11.8 Å². The average Bonchev–Trinajstić information content (AvgIpc) is 2.30. The minimum absolute atomic E-state index is 0.284. The molecule has 0 aromatic carbocycles. The van der Waals surface area contributed by atoms with E-state index in [9.17, 15) is 0 Å². The third-order valence-corrected chi connectivity index (χ3v) is 4.17. The highest BCUT2D eigenvalue weighted by Crippen LogP contribution is 2.21. The maximum Gasteiger partial charge on any atom is 0.103 e. The van der Waals surface area contributed by atoms with Gasteiger partial charge in [0.1, 0.15) is 5.01 Å². The van der Waals surface area contributed by atoms with Crippen molar-refractivity contribution in [2.45, 2.75) is 32.6 Å². The number of hydrogen-bond donors (Lipinski definition) is 1. The molecule has 1 aromatic heterocycles. The summed E-state index contributed by atoms with van der Waals surface area (Å²) in [6.45, 7) is 6.21. The Morgan fingerprint density at radius 2 is 2.23 bits per heavy atom. The van der Waals surface area contributed by atoms with E-state index in [1.807, 2.05) is 18.7 Å². The van der Waals surface area contributed by atoms with Gasteiger partial charge < -0.3 is 5.73 Å². The first-order chi connectivity index (χ1) is 6.09. The third-order valence-electron chi connectivity index (χ3n) is 1.68. The number of nitrogens with zero attached hydrogens (tertiary/aromatic N) is 1. The van der Waals surface area contributed by atoms with Crippen LogP contribution < -0.4 is 5.73 Å². The van der Waals surface area contributed by atoms with Gasteiger partial charge in [0.2, 0.25) is 0 Å². The largest absolute Gasteiger partial charge is 0.327 e. The van der Waals surface area contributed by atoms with Crippen LogP contribution >= 0.6 is 23.1 Å². The molecule has 0 aliphatic heterocycles. The number of aromatic nitrogens is 1. The number of rotatable bonds is 4. The molecule has 0 saturated carbocycles. The minimum atomic E-state index is 0.284. The van der Waals surface area contributed by atoms with Crippen molar-refractivity contribution >= 4 is 23.1 Å². The van der Waals surface area contributed by atoms with Gasteiger partial charge in [0.05, 0.1) is 5.69 Å². The summed E-state index contributed by atoms with van der Waals surface area (Å²) in [4.78, 5) is 5.79. The van der Waals surface area contributed by atoms with Gasteiger partial charge in [0, 0.05) is 22.4 Å². The van der Waals surface area contributed by atoms with E-state index in [1.165, 1.54) is 15.6 Å². The van der Waals surface area contributed by atoms with Crippen LogP contribution in [0.4, 0.5) is 0 Å². The Labute approximate surface area is 87.9 Å². The maximum absolute atomic E-state index is 5.65. The van der Waals surface area contributed by atoms with Crippen molar-refractivity contribution < 1.29 is 0 Å². The van der Waals surface area contributed by atoms with Crippen molar-refractivity contribution in [3.8, 4) is 0 Å². The Bertz CT molecular complexity index is 249. The summed E-state index contributed by atoms with van der Waals surface area (Å²) in [5.74, 6) is 2.01. The van der Waals surface area contributed by atoms with Crippen molar-refractivity contribution in [1.29, 1.82) is 0 Å². The molecule has 1 rings (SSSR count). The van der Waals surface area contributed by atoms with Gasteiger partial charge >= 0.3 is 0 Å². The van der Waals surface area contributed by atoms with Crippen LogP contribution in [0.3, 0.4) is 0 Å². The van der Waals surface area contributed by atoms with Crippen LogP contribution in [0.2, 0.25) is 0 Å². The van der Waals surface area contributed by atoms with E-state index in [0.29, 0.717) is 0 Å². The van der Waals surface area contributed by atoms with Crippen LogP contribution in [0.25, 0.3) is 0 Å². The molecule has 1 aromatic rings. The fraction of sp³-hybridized carbons (Fsp3) is 0.667. The third kappa shape index (κ3) is 3.67. The predicted molar refractivity (Wildman–Crippen MR) is 61.4 cm³/mol. The van der Waals surface area contributed by atoms with Crippen LogP contribution in [-0.2, 0) is 5.75 Å². The SMILES string of the molecule is Cc1nc(CSCC(C)N)sc1C. The second kappa shape index (κ2) is 4.98. The lowest BCUT2D eigenvalue weighted by molar-refractivity contribution is 0.847. The minimum Gasteiger partial charge on any atom is -0.327 e. The molecule has 2 N–H and O–H groups in total. The molecule has 2 nitrogen and oxygen atoms in total. The van der Waals surface area contributed by atoms with Crippen LogP contribution in [0, 0.1) is 13.8 Å². The smallest absolute Gasteiger partial charge is 0.103 e. The molecule has 74 valence electrons. The van der Waals surface area contributed by atoms with Crippen LogP contribution in [0.5, 0.6) is 0 Å². The van der Waals surface area contributed by atoms with Crippen molar-refractivity contribution in [1.82, 2.24) is 4.98 Å². The van der Waals surface area contributed by atoms with E-state index in [0.717, 1.165) is 11.5 Å². The lowest BCUT2D eigenvalue weighted by atomic mass is 10.4. The normalized spacial score (nSPS) is 13.2. The average molecular weight is 216 g/mol. The number of nitrogens with two attached hydrogens (primary N) is 1. The Kier molecular flexibility index (Phi) is 4.22. The van der Waals surface area contributed by atoms with Crippen molar-refractivity contribution in [3.63, 3.8) is 0 Å². The summed E-state index contributed by atoms with van der Waals surface area (Å²) in [7, 11) is 0. The van der Waals surface area contributed by atoms with Crippen LogP contribution in [0.1, 0.15) is 22.5 Å². The number of thiazole rings is 1. The van der Waals surface area contributed by atoms with E-state index in [2.05, 4.69) is 18.8 Å². The highest BCUT2D eigenvalue weighted by atomic mass is 32.2. The Hall–Kier alpha value is -0.0600. The first-order valence-electron chi connectivity index (χ1n) is 4.36. The molecule has 0 radical (unpaired) electrons. The lowest BCUT2D eigenvalue weighted by Gasteiger charge is -2.01. The molecule has 13 heavy (non-hydrogen) atoms. The summed E-state index contributed by atoms with van der Waals surface area (Å²) >= 11 is 3.65. The first-order valence-corrected chi connectivity index (χ1v) is 6.33. The van der Waals surface area contributed by atoms with E-state index in [-0.39, 0.29) is 6.04 Å². The Morgan fingerprint density at radius 3 is 2.69 bits per heavy atom. The monoisotopic (exact) mass is 216 g/mol.